The van der Waals surface area contributed by atoms with Crippen LogP contribution in [0.1, 0.15) is 33.3 Å². The molecule has 0 fully saturated rings. The van der Waals surface area contributed by atoms with Crippen LogP contribution in [0.4, 0.5) is 11.8 Å². The molecule has 0 spiro atoms. The van der Waals surface area contributed by atoms with E-state index in [1.165, 1.54) is 0 Å². The fourth-order valence-corrected chi connectivity index (χ4v) is 1.80. The molecule has 0 atom stereocenters. The van der Waals surface area contributed by atoms with Crippen molar-refractivity contribution in [2.75, 3.05) is 29.9 Å². The molecule has 1 rings (SSSR count). The first-order valence-electron chi connectivity index (χ1n) is 6.40. The zero-order valence-electron chi connectivity index (χ0n) is 11.6. The van der Waals surface area contributed by atoms with E-state index >= 15 is 0 Å². The van der Waals surface area contributed by atoms with Crippen LogP contribution in [0.2, 0.25) is 0 Å². The molecular weight excluding hydrogens is 212 g/mol. The number of nitrogens with one attached hydrogen (secondary N) is 1. The highest BCUT2D eigenvalue weighted by molar-refractivity contribution is 5.48. The molecule has 0 aliphatic carbocycles. The van der Waals surface area contributed by atoms with E-state index in [9.17, 15) is 0 Å². The van der Waals surface area contributed by atoms with Crippen molar-refractivity contribution in [3.05, 3.63) is 11.8 Å². The van der Waals surface area contributed by atoms with Crippen molar-refractivity contribution < 1.29 is 0 Å². The van der Waals surface area contributed by atoms with E-state index in [2.05, 4.69) is 54.8 Å². The van der Waals surface area contributed by atoms with Crippen LogP contribution in [0.3, 0.4) is 0 Å². The predicted molar refractivity (Wildman–Crippen MR) is 73.7 cm³/mol. The highest BCUT2D eigenvalue weighted by Crippen LogP contribution is 2.18. The third-order valence-electron chi connectivity index (χ3n) is 2.55. The highest BCUT2D eigenvalue weighted by Gasteiger charge is 2.12. The van der Waals surface area contributed by atoms with Gasteiger partial charge in [-0.15, -0.1) is 0 Å². The van der Waals surface area contributed by atoms with Gasteiger partial charge in [-0.1, -0.05) is 13.8 Å². The number of rotatable bonds is 6. The zero-order valence-corrected chi connectivity index (χ0v) is 11.6. The zero-order chi connectivity index (χ0) is 12.8. The first kappa shape index (κ1) is 13.7. The van der Waals surface area contributed by atoms with Crippen molar-refractivity contribution in [1.82, 2.24) is 9.97 Å². The molecule has 0 bridgehead atoms. The van der Waals surface area contributed by atoms with Crippen LogP contribution in [0, 0.1) is 12.8 Å². The Bertz CT molecular complexity index is 349. The Labute approximate surface area is 104 Å². The van der Waals surface area contributed by atoms with Crippen LogP contribution >= 0.6 is 0 Å². The summed E-state index contributed by atoms with van der Waals surface area (Å²) in [5.41, 5.74) is 1.13. The van der Waals surface area contributed by atoms with E-state index in [1.54, 1.807) is 0 Å². The van der Waals surface area contributed by atoms with Gasteiger partial charge in [-0.2, -0.15) is 4.98 Å². The predicted octanol–water partition coefficient (Wildman–Crippen LogP) is 2.70. The molecule has 0 aliphatic heterocycles. The van der Waals surface area contributed by atoms with Gasteiger partial charge in [0.2, 0.25) is 5.95 Å². The second kappa shape index (κ2) is 6.42. The summed E-state index contributed by atoms with van der Waals surface area (Å²) in [4.78, 5) is 11.2. The fraction of sp³-hybridized carbons (Fsp3) is 0.692. The molecule has 0 aromatic carbocycles. The van der Waals surface area contributed by atoms with E-state index in [-0.39, 0.29) is 0 Å². The van der Waals surface area contributed by atoms with Gasteiger partial charge >= 0.3 is 0 Å². The number of hydrogen-bond donors (Lipinski definition) is 1. The van der Waals surface area contributed by atoms with Crippen molar-refractivity contribution in [3.63, 3.8) is 0 Å². The highest BCUT2D eigenvalue weighted by atomic mass is 15.2. The lowest BCUT2D eigenvalue weighted by Gasteiger charge is -2.25. The molecule has 4 heteroatoms. The maximum absolute atomic E-state index is 4.59. The Hall–Kier alpha value is -1.32. The van der Waals surface area contributed by atoms with Crippen LogP contribution in [-0.2, 0) is 0 Å². The number of hydrogen-bond acceptors (Lipinski definition) is 4. The van der Waals surface area contributed by atoms with E-state index in [4.69, 9.17) is 0 Å². The Morgan fingerprint density at radius 2 is 2.06 bits per heavy atom. The van der Waals surface area contributed by atoms with E-state index in [1.807, 2.05) is 6.20 Å². The van der Waals surface area contributed by atoms with Gasteiger partial charge in [-0.3, -0.25) is 0 Å². The first-order valence-corrected chi connectivity index (χ1v) is 6.40. The van der Waals surface area contributed by atoms with Gasteiger partial charge in [-0.05, 0) is 26.7 Å². The minimum Gasteiger partial charge on any atom is -0.356 e. The molecule has 0 saturated carbocycles. The third kappa shape index (κ3) is 3.88. The van der Waals surface area contributed by atoms with Gasteiger partial charge < -0.3 is 10.2 Å². The van der Waals surface area contributed by atoms with E-state index in [0.717, 1.165) is 37.0 Å². The lowest BCUT2D eigenvalue weighted by Crippen LogP contribution is -2.29. The standard InChI is InChI=1S/C13H24N4/c1-6-14-13-15-8-11(5)12(16-13)17(7-2)9-10(3)4/h8,10H,6-7,9H2,1-5H3,(H,14,15,16). The topological polar surface area (TPSA) is 41.1 Å². The summed E-state index contributed by atoms with van der Waals surface area (Å²) in [5.74, 6) is 2.40. The molecule has 0 aliphatic rings. The lowest BCUT2D eigenvalue weighted by atomic mass is 10.2. The minimum atomic E-state index is 0.631. The molecule has 0 radical (unpaired) electrons. The SMILES string of the molecule is CCNc1ncc(C)c(N(CC)CC(C)C)n1. The third-order valence-corrected chi connectivity index (χ3v) is 2.55. The normalized spacial score (nSPS) is 10.7. The van der Waals surface area contributed by atoms with Gasteiger partial charge in [0.05, 0.1) is 0 Å². The van der Waals surface area contributed by atoms with E-state index in [0.29, 0.717) is 5.92 Å². The molecule has 1 heterocycles. The molecule has 0 unspecified atom stereocenters. The molecule has 17 heavy (non-hydrogen) atoms. The quantitative estimate of drug-likeness (QED) is 0.824. The summed E-state index contributed by atoms with van der Waals surface area (Å²) in [6.45, 7) is 13.6. The number of anilines is 2. The van der Waals surface area contributed by atoms with Gasteiger partial charge in [0, 0.05) is 31.4 Å². The van der Waals surface area contributed by atoms with Crippen molar-refractivity contribution in [2.24, 2.45) is 5.92 Å². The monoisotopic (exact) mass is 236 g/mol. The average Bonchev–Trinajstić information content (AvgIpc) is 2.29. The molecule has 1 N–H and O–H groups in total. The van der Waals surface area contributed by atoms with Crippen molar-refractivity contribution >= 4 is 11.8 Å². The molecule has 0 amide bonds. The summed E-state index contributed by atoms with van der Waals surface area (Å²) < 4.78 is 0. The summed E-state index contributed by atoms with van der Waals surface area (Å²) in [6.07, 6.45) is 1.89. The smallest absolute Gasteiger partial charge is 0.224 e. The van der Waals surface area contributed by atoms with Crippen LogP contribution in [0.25, 0.3) is 0 Å². The summed E-state index contributed by atoms with van der Waals surface area (Å²) in [6, 6.07) is 0. The molecule has 96 valence electrons. The van der Waals surface area contributed by atoms with Gasteiger partial charge in [0.25, 0.3) is 0 Å². The molecule has 1 aromatic rings. The Morgan fingerprint density at radius 1 is 1.35 bits per heavy atom. The summed E-state index contributed by atoms with van der Waals surface area (Å²) in [5, 5.41) is 3.16. The fourth-order valence-electron chi connectivity index (χ4n) is 1.80. The van der Waals surface area contributed by atoms with Gasteiger partial charge in [0.1, 0.15) is 5.82 Å². The average molecular weight is 236 g/mol. The van der Waals surface area contributed by atoms with Gasteiger partial charge in [-0.25, -0.2) is 4.98 Å². The molecular formula is C13H24N4. The van der Waals surface area contributed by atoms with Crippen LogP contribution in [-0.4, -0.2) is 29.6 Å². The molecule has 0 saturated heterocycles. The molecule has 1 aromatic heterocycles. The number of aryl methyl sites for hydroxylation is 1. The summed E-state index contributed by atoms with van der Waals surface area (Å²) in [7, 11) is 0. The van der Waals surface area contributed by atoms with E-state index < -0.39 is 0 Å². The molecule has 4 nitrogen and oxygen atoms in total. The van der Waals surface area contributed by atoms with Gasteiger partial charge in [0.15, 0.2) is 0 Å². The summed E-state index contributed by atoms with van der Waals surface area (Å²) >= 11 is 0. The Balaban J connectivity index is 2.95. The Morgan fingerprint density at radius 3 is 2.59 bits per heavy atom. The number of nitrogens with zero attached hydrogens (tertiary/aromatic N) is 3. The Kier molecular flexibility index (Phi) is 5.19. The largest absolute Gasteiger partial charge is 0.356 e. The number of aromatic nitrogens is 2. The van der Waals surface area contributed by atoms with Crippen LogP contribution < -0.4 is 10.2 Å². The second-order valence-corrected chi connectivity index (χ2v) is 4.66. The maximum Gasteiger partial charge on any atom is 0.224 e. The van der Waals surface area contributed by atoms with Crippen molar-refractivity contribution in [1.29, 1.82) is 0 Å². The maximum atomic E-state index is 4.59. The first-order chi connectivity index (χ1) is 8.08. The second-order valence-electron chi connectivity index (χ2n) is 4.66. The van der Waals surface area contributed by atoms with Crippen molar-refractivity contribution in [3.8, 4) is 0 Å². The van der Waals surface area contributed by atoms with Crippen molar-refractivity contribution in [2.45, 2.75) is 34.6 Å². The van der Waals surface area contributed by atoms with Crippen LogP contribution in [0.5, 0.6) is 0 Å². The lowest BCUT2D eigenvalue weighted by molar-refractivity contribution is 0.613. The minimum absolute atomic E-state index is 0.631. The van der Waals surface area contributed by atoms with Crippen LogP contribution in [0.15, 0.2) is 6.20 Å².